The third-order valence-corrected chi connectivity index (χ3v) is 5.24. The molecule has 0 unspecified atom stereocenters. The van der Waals surface area contributed by atoms with Gasteiger partial charge in [-0.3, -0.25) is 0 Å². The molecule has 2 aromatic carbocycles. The van der Waals surface area contributed by atoms with Crippen LogP contribution in [0.1, 0.15) is 17.5 Å². The van der Waals surface area contributed by atoms with E-state index in [1.165, 1.54) is 10.5 Å². The highest BCUT2D eigenvalue weighted by molar-refractivity contribution is 6.31. The number of hydrogen-bond acceptors (Lipinski definition) is 3. The summed E-state index contributed by atoms with van der Waals surface area (Å²) in [6, 6.07) is 13.3. The molecule has 2 heterocycles. The van der Waals surface area contributed by atoms with E-state index in [0.29, 0.717) is 11.6 Å². The number of hydrogen-bond donors (Lipinski definition) is 1. The maximum Gasteiger partial charge on any atom is 0.314 e. The molecule has 0 aliphatic carbocycles. The fourth-order valence-electron chi connectivity index (χ4n) is 3.30. The second-order valence-corrected chi connectivity index (χ2v) is 7.30. The maximum atomic E-state index is 11.3. The number of urea groups is 1. The van der Waals surface area contributed by atoms with Crippen molar-refractivity contribution in [3.63, 3.8) is 0 Å². The van der Waals surface area contributed by atoms with Crippen LogP contribution in [-0.2, 0) is 13.0 Å². The second kappa shape index (κ2) is 7.56. The topological polar surface area (TPSA) is 73.4 Å². The SMILES string of the molecule is CN(Cc1cc(-c2ccn(-c3ccc4c(c3)CCCO4)n2)ccc1Cl)C(N)=O. The number of nitrogens with zero attached hydrogens (tertiary/aromatic N) is 3. The lowest BCUT2D eigenvalue weighted by molar-refractivity contribution is 0.216. The maximum absolute atomic E-state index is 11.3. The molecule has 0 spiro atoms. The third-order valence-electron chi connectivity index (χ3n) is 4.87. The zero-order valence-electron chi connectivity index (χ0n) is 15.6. The van der Waals surface area contributed by atoms with Crippen LogP contribution in [0, 0.1) is 0 Å². The molecule has 1 aliphatic rings. The van der Waals surface area contributed by atoms with Gasteiger partial charge in [-0.05, 0) is 60.4 Å². The lowest BCUT2D eigenvalue weighted by atomic mass is 10.1. The van der Waals surface area contributed by atoms with Gasteiger partial charge in [0.05, 0.1) is 18.0 Å². The van der Waals surface area contributed by atoms with E-state index in [0.717, 1.165) is 47.7 Å². The highest BCUT2D eigenvalue weighted by Gasteiger charge is 2.13. The number of amides is 2. The second-order valence-electron chi connectivity index (χ2n) is 6.89. The van der Waals surface area contributed by atoms with E-state index in [-0.39, 0.29) is 0 Å². The fraction of sp³-hybridized carbons (Fsp3) is 0.238. The fourth-order valence-corrected chi connectivity index (χ4v) is 3.48. The van der Waals surface area contributed by atoms with Gasteiger partial charge in [0.15, 0.2) is 0 Å². The number of carbonyl (C=O) groups is 1. The molecule has 0 saturated heterocycles. The van der Waals surface area contributed by atoms with Gasteiger partial charge in [-0.15, -0.1) is 0 Å². The number of aryl methyl sites for hydroxylation is 1. The van der Waals surface area contributed by atoms with Crippen molar-refractivity contribution in [2.24, 2.45) is 5.73 Å². The Balaban J connectivity index is 1.62. The monoisotopic (exact) mass is 396 g/mol. The molecule has 0 saturated carbocycles. The standard InChI is InChI=1S/C21H21ClN4O2/c1-25(21(23)27)13-16-11-14(4-6-18(16)22)19-8-9-26(24-19)17-5-7-20-15(12-17)3-2-10-28-20/h4-9,11-12H,2-3,10,13H2,1H3,(H2,23,27). The summed E-state index contributed by atoms with van der Waals surface area (Å²) in [7, 11) is 1.64. The summed E-state index contributed by atoms with van der Waals surface area (Å²) in [4.78, 5) is 12.7. The van der Waals surface area contributed by atoms with Crippen LogP contribution in [-0.4, -0.2) is 34.4 Å². The van der Waals surface area contributed by atoms with Gasteiger partial charge in [-0.25, -0.2) is 9.48 Å². The lowest BCUT2D eigenvalue weighted by Gasteiger charge is -2.17. The van der Waals surface area contributed by atoms with E-state index in [1.807, 2.05) is 47.3 Å². The van der Waals surface area contributed by atoms with Crippen LogP contribution in [0.15, 0.2) is 48.7 Å². The Morgan fingerprint density at radius 3 is 2.96 bits per heavy atom. The Morgan fingerprint density at radius 1 is 1.29 bits per heavy atom. The summed E-state index contributed by atoms with van der Waals surface area (Å²) in [6.45, 7) is 1.12. The van der Waals surface area contributed by atoms with Gasteiger partial charge in [-0.1, -0.05) is 17.7 Å². The van der Waals surface area contributed by atoms with E-state index in [2.05, 4.69) is 6.07 Å². The van der Waals surface area contributed by atoms with E-state index >= 15 is 0 Å². The van der Waals surface area contributed by atoms with Crippen LogP contribution < -0.4 is 10.5 Å². The van der Waals surface area contributed by atoms with Gasteiger partial charge in [0.2, 0.25) is 0 Å². The summed E-state index contributed by atoms with van der Waals surface area (Å²) in [5.41, 5.74) is 10.1. The minimum atomic E-state index is -0.498. The smallest absolute Gasteiger partial charge is 0.314 e. The predicted molar refractivity (Wildman–Crippen MR) is 109 cm³/mol. The van der Waals surface area contributed by atoms with Crippen LogP contribution in [0.2, 0.25) is 5.02 Å². The van der Waals surface area contributed by atoms with Crippen molar-refractivity contribution in [2.75, 3.05) is 13.7 Å². The average Bonchev–Trinajstić information content (AvgIpc) is 3.19. The van der Waals surface area contributed by atoms with Gasteiger partial charge < -0.3 is 15.4 Å². The minimum Gasteiger partial charge on any atom is -0.493 e. The number of fused-ring (bicyclic) bond motifs is 1. The zero-order chi connectivity index (χ0) is 19.7. The summed E-state index contributed by atoms with van der Waals surface area (Å²) in [6.07, 6.45) is 3.99. The Bertz CT molecular complexity index is 1030. The number of benzene rings is 2. The van der Waals surface area contributed by atoms with Crippen molar-refractivity contribution < 1.29 is 9.53 Å². The molecule has 7 heteroatoms. The Hall–Kier alpha value is -2.99. The molecule has 2 amide bonds. The molecule has 0 radical (unpaired) electrons. The first-order chi connectivity index (χ1) is 13.5. The Labute approximate surface area is 168 Å². The summed E-state index contributed by atoms with van der Waals surface area (Å²) in [5, 5.41) is 5.30. The third kappa shape index (κ3) is 3.68. The van der Waals surface area contributed by atoms with Gasteiger partial charge >= 0.3 is 6.03 Å². The van der Waals surface area contributed by atoms with E-state index in [1.54, 1.807) is 7.05 Å². The first kappa shape index (κ1) is 18.4. The molecule has 1 aliphatic heterocycles. The number of primary amides is 1. The molecule has 0 atom stereocenters. The first-order valence-electron chi connectivity index (χ1n) is 9.12. The first-order valence-corrected chi connectivity index (χ1v) is 9.50. The molecular formula is C21H21ClN4O2. The molecule has 0 fully saturated rings. The summed E-state index contributed by atoms with van der Waals surface area (Å²) in [5.74, 6) is 0.961. The number of rotatable bonds is 4. The van der Waals surface area contributed by atoms with Crippen LogP contribution in [0.4, 0.5) is 4.79 Å². The largest absolute Gasteiger partial charge is 0.493 e. The van der Waals surface area contributed by atoms with Crippen LogP contribution in [0.5, 0.6) is 5.75 Å². The summed E-state index contributed by atoms with van der Waals surface area (Å²) < 4.78 is 7.54. The van der Waals surface area contributed by atoms with Crippen molar-refractivity contribution in [1.82, 2.24) is 14.7 Å². The highest BCUT2D eigenvalue weighted by Crippen LogP contribution is 2.28. The highest BCUT2D eigenvalue weighted by atomic mass is 35.5. The zero-order valence-corrected chi connectivity index (χ0v) is 16.3. The van der Waals surface area contributed by atoms with E-state index < -0.39 is 6.03 Å². The predicted octanol–water partition coefficient (Wildman–Crippen LogP) is 4.03. The lowest BCUT2D eigenvalue weighted by Crippen LogP contribution is -2.31. The number of carbonyl (C=O) groups excluding carboxylic acids is 1. The van der Waals surface area contributed by atoms with Crippen molar-refractivity contribution >= 4 is 17.6 Å². The van der Waals surface area contributed by atoms with Gasteiger partial charge in [-0.2, -0.15) is 5.10 Å². The molecule has 4 rings (SSSR count). The molecule has 28 heavy (non-hydrogen) atoms. The summed E-state index contributed by atoms with van der Waals surface area (Å²) >= 11 is 6.28. The van der Waals surface area contributed by atoms with Crippen molar-refractivity contribution in [1.29, 1.82) is 0 Å². The van der Waals surface area contributed by atoms with Crippen molar-refractivity contribution in [3.8, 4) is 22.7 Å². The quantitative estimate of drug-likeness (QED) is 0.723. The minimum absolute atomic E-state index is 0.341. The molecule has 0 bridgehead atoms. The molecular weight excluding hydrogens is 376 g/mol. The number of halogens is 1. The van der Waals surface area contributed by atoms with E-state index in [4.69, 9.17) is 27.2 Å². The molecule has 144 valence electrons. The number of ether oxygens (including phenoxy) is 1. The van der Waals surface area contributed by atoms with Gasteiger partial charge in [0, 0.05) is 30.4 Å². The van der Waals surface area contributed by atoms with E-state index in [9.17, 15) is 4.79 Å². The molecule has 1 aromatic heterocycles. The van der Waals surface area contributed by atoms with Gasteiger partial charge in [0.1, 0.15) is 5.75 Å². The van der Waals surface area contributed by atoms with Crippen LogP contribution >= 0.6 is 11.6 Å². The normalized spacial score (nSPS) is 12.9. The van der Waals surface area contributed by atoms with Crippen LogP contribution in [0.25, 0.3) is 16.9 Å². The van der Waals surface area contributed by atoms with Crippen molar-refractivity contribution in [2.45, 2.75) is 19.4 Å². The van der Waals surface area contributed by atoms with Crippen LogP contribution in [0.3, 0.4) is 0 Å². The van der Waals surface area contributed by atoms with Gasteiger partial charge in [0.25, 0.3) is 0 Å². The molecule has 6 nitrogen and oxygen atoms in total. The molecule has 3 aromatic rings. The Kier molecular flexibility index (Phi) is 4.96. The van der Waals surface area contributed by atoms with Crippen molar-refractivity contribution in [3.05, 3.63) is 64.8 Å². The number of nitrogens with two attached hydrogens (primary N) is 1. The number of aromatic nitrogens is 2. The average molecular weight is 397 g/mol. The Morgan fingerprint density at radius 2 is 2.14 bits per heavy atom. The molecule has 2 N–H and O–H groups in total.